The summed E-state index contributed by atoms with van der Waals surface area (Å²) < 4.78 is 2.28. The van der Waals surface area contributed by atoms with E-state index in [0.29, 0.717) is 0 Å². The molecule has 4 nitrogen and oxygen atoms in total. The number of aryl methyl sites for hydroxylation is 1. The quantitative estimate of drug-likeness (QED) is 0.517. The Kier molecular flexibility index (Phi) is 4.71. The molecular formula is C19H23N4+. The van der Waals surface area contributed by atoms with E-state index in [0.717, 1.165) is 36.9 Å². The van der Waals surface area contributed by atoms with Crippen LogP contribution in [0.25, 0.3) is 0 Å². The van der Waals surface area contributed by atoms with E-state index in [1.807, 2.05) is 13.0 Å². The predicted molar refractivity (Wildman–Crippen MR) is 94.8 cm³/mol. The van der Waals surface area contributed by atoms with Gasteiger partial charge in [-0.2, -0.15) is 5.43 Å². The Bertz CT molecular complexity index is 715. The molecular weight excluding hydrogens is 284 g/mol. The van der Waals surface area contributed by atoms with E-state index < -0.39 is 0 Å². The normalized spacial score (nSPS) is 14.8. The molecule has 2 N–H and O–H groups in total. The molecule has 0 bridgehead atoms. The topological polar surface area (TPSA) is 39.4 Å². The minimum Gasteiger partial charge on any atom is -0.273 e. The molecule has 23 heavy (non-hydrogen) atoms. The van der Waals surface area contributed by atoms with Crippen molar-refractivity contribution in [2.45, 2.75) is 20.4 Å². The third kappa shape index (κ3) is 3.97. The fourth-order valence-corrected chi connectivity index (χ4v) is 2.60. The average molecular weight is 307 g/mol. The van der Waals surface area contributed by atoms with Crippen LogP contribution in [-0.2, 0) is 6.54 Å². The minimum absolute atomic E-state index is 0.884. The lowest BCUT2D eigenvalue weighted by Gasteiger charge is -2.05. The number of hydrogen-bond donors (Lipinski definition) is 2. The maximum Gasteiger partial charge on any atom is 0.370 e. The van der Waals surface area contributed by atoms with Crippen molar-refractivity contribution in [3.8, 4) is 0 Å². The Labute approximate surface area is 137 Å². The van der Waals surface area contributed by atoms with Gasteiger partial charge in [0.2, 0.25) is 0 Å². The van der Waals surface area contributed by atoms with Gasteiger partial charge in [0, 0.05) is 0 Å². The highest BCUT2D eigenvalue weighted by molar-refractivity contribution is 5.99. The summed E-state index contributed by atoms with van der Waals surface area (Å²) in [4.78, 5) is 0. The van der Waals surface area contributed by atoms with Crippen molar-refractivity contribution >= 4 is 11.7 Å². The molecule has 3 rings (SSSR count). The second-order valence-electron chi connectivity index (χ2n) is 5.86. The molecule has 0 aliphatic carbocycles. The Morgan fingerprint density at radius 2 is 1.87 bits per heavy atom. The van der Waals surface area contributed by atoms with Crippen molar-refractivity contribution < 1.29 is 4.58 Å². The van der Waals surface area contributed by atoms with Crippen molar-refractivity contribution in [2.75, 3.05) is 13.1 Å². The Morgan fingerprint density at radius 3 is 2.61 bits per heavy atom. The first-order chi connectivity index (χ1) is 11.2. The predicted octanol–water partition coefficient (Wildman–Crippen LogP) is 2.48. The largest absolute Gasteiger partial charge is 0.370 e. The second-order valence-corrected chi connectivity index (χ2v) is 5.86. The van der Waals surface area contributed by atoms with Gasteiger partial charge < -0.3 is 0 Å². The van der Waals surface area contributed by atoms with E-state index in [9.17, 15) is 0 Å². The molecule has 0 fully saturated rings. The van der Waals surface area contributed by atoms with E-state index in [4.69, 9.17) is 0 Å². The van der Waals surface area contributed by atoms with E-state index in [2.05, 4.69) is 75.9 Å². The second kappa shape index (κ2) is 7.09. The lowest BCUT2D eigenvalue weighted by Crippen LogP contribution is -2.35. The Balaban J connectivity index is 1.71. The summed E-state index contributed by atoms with van der Waals surface area (Å²) in [5.74, 6) is 0.973. The molecule has 2 aromatic rings. The zero-order chi connectivity index (χ0) is 16.1. The molecule has 0 radical (unpaired) electrons. The Morgan fingerprint density at radius 1 is 1.13 bits per heavy atom. The number of benzene rings is 2. The fourth-order valence-electron chi connectivity index (χ4n) is 2.60. The molecule has 118 valence electrons. The van der Waals surface area contributed by atoms with Crippen molar-refractivity contribution in [1.29, 1.82) is 0 Å². The van der Waals surface area contributed by atoms with Crippen molar-refractivity contribution in [2.24, 2.45) is 5.10 Å². The van der Waals surface area contributed by atoms with Gasteiger partial charge in [-0.1, -0.05) is 60.2 Å². The van der Waals surface area contributed by atoms with Crippen LogP contribution in [0.5, 0.6) is 0 Å². The first kappa shape index (κ1) is 15.3. The zero-order valence-electron chi connectivity index (χ0n) is 13.7. The van der Waals surface area contributed by atoms with Gasteiger partial charge in [0.1, 0.15) is 0 Å². The minimum atomic E-state index is 0.884. The maximum absolute atomic E-state index is 4.52. The van der Waals surface area contributed by atoms with Crippen LogP contribution < -0.4 is 10.7 Å². The van der Waals surface area contributed by atoms with Gasteiger partial charge >= 0.3 is 5.96 Å². The van der Waals surface area contributed by atoms with Gasteiger partial charge in [-0.25, -0.2) is 0 Å². The highest BCUT2D eigenvalue weighted by Crippen LogP contribution is 2.05. The number of hydrogen-bond acceptors (Lipinski definition) is 3. The van der Waals surface area contributed by atoms with Crippen LogP contribution in [0.3, 0.4) is 0 Å². The molecule has 1 aliphatic heterocycles. The molecule has 1 heterocycles. The molecule has 0 saturated heterocycles. The lowest BCUT2D eigenvalue weighted by atomic mass is 10.1. The van der Waals surface area contributed by atoms with Crippen LogP contribution in [0.4, 0.5) is 0 Å². The van der Waals surface area contributed by atoms with Gasteiger partial charge in [0.25, 0.3) is 0 Å². The molecule has 0 aromatic heterocycles. The molecule has 1 aliphatic rings. The fraction of sp³-hybridized carbons (Fsp3) is 0.263. The SMILES string of the molecule is C/C(=N\NC1=[N+](Cc2ccccc2)CCN1)c1ccc(C)cc1. The first-order valence-electron chi connectivity index (χ1n) is 7.99. The summed E-state index contributed by atoms with van der Waals surface area (Å²) in [6.45, 7) is 6.92. The molecule has 2 aromatic carbocycles. The van der Waals surface area contributed by atoms with Crippen molar-refractivity contribution in [1.82, 2.24) is 10.7 Å². The highest BCUT2D eigenvalue weighted by Gasteiger charge is 2.19. The summed E-state index contributed by atoms with van der Waals surface area (Å²) in [5, 5.41) is 7.89. The third-order valence-corrected chi connectivity index (χ3v) is 4.01. The standard InChI is InChI=1S/C19H22N4/c1-15-8-10-18(11-9-15)16(2)21-22-19-20-12-13-23(19)14-17-6-4-3-5-7-17/h3-11H,12-14H2,1-2H3,(H,20,22)/p+1/b21-16+. The molecule has 0 atom stereocenters. The summed E-state index contributed by atoms with van der Waals surface area (Å²) in [6.07, 6.45) is 0. The van der Waals surface area contributed by atoms with Gasteiger partial charge in [0.05, 0.1) is 25.3 Å². The molecule has 0 spiro atoms. The number of hydrazone groups is 1. The van der Waals surface area contributed by atoms with Gasteiger partial charge in [-0.3, -0.25) is 9.89 Å². The monoisotopic (exact) mass is 307 g/mol. The van der Waals surface area contributed by atoms with Crippen LogP contribution in [0, 0.1) is 6.92 Å². The molecule has 0 saturated carbocycles. The van der Waals surface area contributed by atoms with Crippen LogP contribution in [0.15, 0.2) is 59.7 Å². The Hall–Kier alpha value is -2.62. The third-order valence-electron chi connectivity index (χ3n) is 4.01. The number of guanidine groups is 1. The smallest absolute Gasteiger partial charge is 0.273 e. The van der Waals surface area contributed by atoms with Gasteiger partial charge in [-0.15, -0.1) is 5.10 Å². The number of nitrogens with zero attached hydrogens (tertiary/aromatic N) is 2. The van der Waals surface area contributed by atoms with Gasteiger partial charge in [0.15, 0.2) is 0 Å². The summed E-state index contributed by atoms with van der Waals surface area (Å²) in [6, 6.07) is 18.9. The lowest BCUT2D eigenvalue weighted by molar-refractivity contribution is -0.536. The molecule has 4 heteroatoms. The summed E-state index contributed by atoms with van der Waals surface area (Å²) in [5.41, 5.74) is 7.86. The maximum atomic E-state index is 4.52. The number of rotatable bonds is 4. The number of nitrogens with one attached hydrogen (secondary N) is 2. The van der Waals surface area contributed by atoms with Crippen LogP contribution in [0.1, 0.15) is 23.6 Å². The average Bonchev–Trinajstić information content (AvgIpc) is 3.01. The van der Waals surface area contributed by atoms with Crippen molar-refractivity contribution in [3.63, 3.8) is 0 Å². The van der Waals surface area contributed by atoms with Crippen LogP contribution >= 0.6 is 0 Å². The van der Waals surface area contributed by atoms with Gasteiger partial charge in [-0.05, 0) is 25.0 Å². The molecule has 0 amide bonds. The van der Waals surface area contributed by atoms with E-state index in [1.165, 1.54) is 11.1 Å². The summed E-state index contributed by atoms with van der Waals surface area (Å²) in [7, 11) is 0. The zero-order valence-corrected chi connectivity index (χ0v) is 13.7. The summed E-state index contributed by atoms with van der Waals surface area (Å²) >= 11 is 0. The first-order valence-corrected chi connectivity index (χ1v) is 7.99. The van der Waals surface area contributed by atoms with E-state index >= 15 is 0 Å². The highest BCUT2D eigenvalue weighted by atomic mass is 15.4. The molecule has 0 unspecified atom stereocenters. The van der Waals surface area contributed by atoms with Crippen LogP contribution in [0.2, 0.25) is 0 Å². The van der Waals surface area contributed by atoms with E-state index in [-0.39, 0.29) is 0 Å². The van der Waals surface area contributed by atoms with Crippen LogP contribution in [-0.4, -0.2) is 29.3 Å². The van der Waals surface area contributed by atoms with E-state index in [1.54, 1.807) is 0 Å². The van der Waals surface area contributed by atoms with Crippen molar-refractivity contribution in [3.05, 3.63) is 71.3 Å².